The van der Waals surface area contributed by atoms with Gasteiger partial charge in [-0.15, -0.1) is 35.9 Å². The van der Waals surface area contributed by atoms with Crippen LogP contribution in [0, 0.1) is 19.9 Å². The van der Waals surface area contributed by atoms with Crippen LogP contribution >= 0.6 is 0 Å². The van der Waals surface area contributed by atoms with Crippen LogP contribution in [0.2, 0.25) is 0 Å². The molecule has 4 nitrogen and oxygen atoms in total. The second-order valence-electron chi connectivity index (χ2n) is 8.71. The number of aryl methyl sites for hydroxylation is 2. The SMILES string of the molecule is CC(=O)/C=C(/C)O.Cc1cccc(C)c1-c1ccc(-c2cc3ccnc(-c4[c-]cccc4)c3o2)cc1.[Ir]. The Morgan fingerprint density at radius 1 is 0.919 bits per heavy atom. The molecule has 1 radical (unpaired) electrons. The molecular formula is C32H28IrNO3-. The Kier molecular flexibility index (Phi) is 9.35. The molecule has 5 heteroatoms. The van der Waals surface area contributed by atoms with E-state index in [4.69, 9.17) is 9.52 Å². The normalized spacial score (nSPS) is 10.9. The summed E-state index contributed by atoms with van der Waals surface area (Å²) in [5.74, 6) is 0.783. The number of benzene rings is 3. The Balaban J connectivity index is 0.000000422. The second kappa shape index (κ2) is 12.4. The molecule has 0 aliphatic heterocycles. The Morgan fingerprint density at radius 2 is 1.59 bits per heavy atom. The number of pyridine rings is 1. The van der Waals surface area contributed by atoms with Crippen molar-refractivity contribution >= 4 is 16.8 Å². The quantitative estimate of drug-likeness (QED) is 0.119. The number of aliphatic hydroxyl groups is 1. The molecule has 0 amide bonds. The number of nitrogens with zero attached hydrogens (tertiary/aromatic N) is 1. The molecule has 0 spiro atoms. The van der Waals surface area contributed by atoms with Gasteiger partial charge in [0.1, 0.15) is 11.3 Å². The standard InChI is InChI=1S/C27H20NO.C5H8O2.Ir/c1-18-7-6-8-19(2)25(18)21-13-11-20(12-14-21)24-17-23-15-16-28-26(27(23)29-24)22-9-4-3-5-10-22;1-4(6)3-5(2)7;/h3-9,11-17H,1-2H3;3,6H,1-2H3;/q-1;;/b;4-3-;. The number of ketones is 1. The van der Waals surface area contributed by atoms with Crippen molar-refractivity contribution in [2.45, 2.75) is 27.7 Å². The Morgan fingerprint density at radius 3 is 2.16 bits per heavy atom. The summed E-state index contributed by atoms with van der Waals surface area (Å²) in [5, 5.41) is 9.41. The van der Waals surface area contributed by atoms with Crippen molar-refractivity contribution in [3.8, 4) is 33.7 Å². The first-order valence-corrected chi connectivity index (χ1v) is 11.7. The number of fused-ring (bicyclic) bond motifs is 1. The summed E-state index contributed by atoms with van der Waals surface area (Å²) in [6.07, 6.45) is 2.99. The van der Waals surface area contributed by atoms with Crippen LogP contribution in [0.15, 0.2) is 101 Å². The van der Waals surface area contributed by atoms with Gasteiger partial charge in [-0.2, -0.15) is 0 Å². The maximum absolute atomic E-state index is 10.0. The minimum Gasteiger partial charge on any atom is -0.512 e. The van der Waals surface area contributed by atoms with Gasteiger partial charge in [0.2, 0.25) is 0 Å². The number of carbonyl (C=O) groups excluding carboxylic acids is 1. The van der Waals surface area contributed by atoms with Gasteiger partial charge in [-0.1, -0.05) is 42.5 Å². The van der Waals surface area contributed by atoms with Crippen molar-refractivity contribution in [3.63, 3.8) is 0 Å². The number of allylic oxidation sites excluding steroid dienone is 2. The van der Waals surface area contributed by atoms with E-state index in [0.29, 0.717) is 0 Å². The third-order valence-corrected chi connectivity index (χ3v) is 5.75. The Bertz CT molecular complexity index is 1510. The number of hydrogen-bond acceptors (Lipinski definition) is 4. The molecule has 37 heavy (non-hydrogen) atoms. The van der Waals surface area contributed by atoms with E-state index in [1.54, 1.807) is 0 Å². The largest absolute Gasteiger partial charge is 0.512 e. The monoisotopic (exact) mass is 667 g/mol. The molecule has 0 fully saturated rings. The van der Waals surface area contributed by atoms with Crippen molar-refractivity contribution in [1.82, 2.24) is 4.98 Å². The molecule has 0 aliphatic carbocycles. The summed E-state index contributed by atoms with van der Waals surface area (Å²) in [7, 11) is 0. The average Bonchev–Trinajstić information content (AvgIpc) is 3.29. The summed E-state index contributed by atoms with van der Waals surface area (Å²) in [6, 6.07) is 30.2. The molecular weight excluding hydrogens is 639 g/mol. The molecule has 0 unspecified atom stereocenters. The van der Waals surface area contributed by atoms with Crippen LogP contribution < -0.4 is 0 Å². The van der Waals surface area contributed by atoms with E-state index >= 15 is 0 Å². The molecule has 2 heterocycles. The molecule has 0 saturated heterocycles. The zero-order chi connectivity index (χ0) is 25.7. The Hall–Kier alpha value is -3.79. The van der Waals surface area contributed by atoms with Crippen LogP contribution in [0.3, 0.4) is 0 Å². The van der Waals surface area contributed by atoms with E-state index in [1.807, 2.05) is 36.5 Å². The third-order valence-electron chi connectivity index (χ3n) is 5.75. The smallest absolute Gasteiger partial charge is 0.155 e. The fourth-order valence-electron chi connectivity index (χ4n) is 4.20. The van der Waals surface area contributed by atoms with Crippen molar-refractivity contribution in [3.05, 3.63) is 114 Å². The van der Waals surface area contributed by atoms with Crippen molar-refractivity contribution in [2.24, 2.45) is 0 Å². The summed E-state index contributed by atoms with van der Waals surface area (Å²) in [4.78, 5) is 14.6. The van der Waals surface area contributed by atoms with E-state index < -0.39 is 0 Å². The number of rotatable bonds is 4. The molecule has 0 aliphatic rings. The molecule has 189 valence electrons. The van der Waals surface area contributed by atoms with Crippen LogP contribution in [-0.4, -0.2) is 15.9 Å². The van der Waals surface area contributed by atoms with Gasteiger partial charge in [0.25, 0.3) is 0 Å². The van der Waals surface area contributed by atoms with Crippen LogP contribution in [-0.2, 0) is 24.9 Å². The summed E-state index contributed by atoms with van der Waals surface area (Å²) in [5.41, 5.74) is 8.71. The van der Waals surface area contributed by atoms with E-state index in [1.165, 1.54) is 42.2 Å². The fourth-order valence-corrected chi connectivity index (χ4v) is 4.20. The van der Waals surface area contributed by atoms with E-state index in [-0.39, 0.29) is 31.6 Å². The zero-order valence-electron chi connectivity index (χ0n) is 21.2. The van der Waals surface area contributed by atoms with Crippen LogP contribution in [0.4, 0.5) is 0 Å². The minimum atomic E-state index is -0.125. The number of aliphatic hydroxyl groups excluding tert-OH is 1. The number of aromatic nitrogens is 1. The van der Waals surface area contributed by atoms with E-state index in [2.05, 4.69) is 73.4 Å². The maximum atomic E-state index is 10.0. The number of furan rings is 1. The van der Waals surface area contributed by atoms with Crippen LogP contribution in [0.1, 0.15) is 25.0 Å². The molecule has 2 aromatic heterocycles. The predicted molar refractivity (Wildman–Crippen MR) is 146 cm³/mol. The summed E-state index contributed by atoms with van der Waals surface area (Å²) in [6.45, 7) is 7.16. The third kappa shape index (κ3) is 6.71. The average molecular weight is 667 g/mol. The zero-order valence-corrected chi connectivity index (χ0v) is 23.6. The molecule has 0 atom stereocenters. The molecule has 1 N–H and O–H groups in total. The van der Waals surface area contributed by atoms with E-state index in [9.17, 15) is 4.79 Å². The first-order valence-electron chi connectivity index (χ1n) is 11.7. The van der Waals surface area contributed by atoms with Gasteiger partial charge in [0.05, 0.1) is 5.76 Å². The van der Waals surface area contributed by atoms with Gasteiger partial charge in [-0.05, 0) is 62.1 Å². The van der Waals surface area contributed by atoms with Crippen molar-refractivity contribution < 1.29 is 34.4 Å². The van der Waals surface area contributed by atoms with Crippen LogP contribution in [0.5, 0.6) is 0 Å². The Labute approximate surface area is 231 Å². The number of carbonyl (C=O) groups is 1. The number of hydrogen-bond donors (Lipinski definition) is 1. The van der Waals surface area contributed by atoms with Crippen molar-refractivity contribution in [2.75, 3.05) is 0 Å². The van der Waals surface area contributed by atoms with E-state index in [0.717, 1.165) is 33.6 Å². The minimum absolute atomic E-state index is 0. The first-order chi connectivity index (χ1) is 17.3. The van der Waals surface area contributed by atoms with Gasteiger partial charge in [-0.3, -0.25) is 4.79 Å². The predicted octanol–water partition coefficient (Wildman–Crippen LogP) is 8.28. The first kappa shape index (κ1) is 27.8. The second-order valence-corrected chi connectivity index (χ2v) is 8.71. The summed E-state index contributed by atoms with van der Waals surface area (Å²) >= 11 is 0. The maximum Gasteiger partial charge on any atom is 0.155 e. The molecule has 0 bridgehead atoms. The summed E-state index contributed by atoms with van der Waals surface area (Å²) < 4.78 is 6.25. The molecule has 3 aromatic carbocycles. The topological polar surface area (TPSA) is 63.3 Å². The van der Waals surface area contributed by atoms with Gasteiger partial charge >= 0.3 is 0 Å². The van der Waals surface area contributed by atoms with Crippen molar-refractivity contribution in [1.29, 1.82) is 0 Å². The van der Waals surface area contributed by atoms with Gasteiger partial charge in [0.15, 0.2) is 5.78 Å². The fraction of sp³-hybridized carbons (Fsp3) is 0.125. The molecule has 0 saturated carbocycles. The van der Waals surface area contributed by atoms with Crippen LogP contribution in [0.25, 0.3) is 44.7 Å². The van der Waals surface area contributed by atoms with Gasteiger partial charge in [-0.25, -0.2) is 0 Å². The van der Waals surface area contributed by atoms with Gasteiger partial charge < -0.3 is 14.5 Å². The van der Waals surface area contributed by atoms with Gasteiger partial charge in [0, 0.05) is 49.0 Å². The molecule has 5 aromatic rings. The molecule has 5 rings (SSSR count).